The highest BCUT2D eigenvalue weighted by molar-refractivity contribution is 5.93. The third-order valence-electron chi connectivity index (χ3n) is 3.92. The maximum atomic E-state index is 9.15. The number of anilines is 1. The molecule has 0 fully saturated rings. The van der Waals surface area contributed by atoms with Gasteiger partial charge in [0, 0.05) is 23.6 Å². The van der Waals surface area contributed by atoms with Gasteiger partial charge in [0.2, 0.25) is 0 Å². The van der Waals surface area contributed by atoms with Crippen molar-refractivity contribution in [2.75, 3.05) is 32.7 Å². The lowest BCUT2D eigenvalue weighted by atomic mass is 10.1. The van der Waals surface area contributed by atoms with Crippen molar-refractivity contribution in [3.05, 3.63) is 42.0 Å². The van der Waals surface area contributed by atoms with E-state index in [1.165, 1.54) is 5.56 Å². The molecule has 0 saturated carbocycles. The molecule has 25 heavy (non-hydrogen) atoms. The van der Waals surface area contributed by atoms with Crippen LogP contribution in [0.25, 0.3) is 22.3 Å². The van der Waals surface area contributed by atoms with Crippen LogP contribution in [0.4, 0.5) is 5.82 Å². The average Bonchev–Trinajstić information content (AvgIpc) is 2.65. The standard InChI is InChI=1S/C19H21N3O3/c1-12-4-6-13(7-5-12)18-21-15-11-17(25-3)16(24-2)10-14(15)19(22-18)20-8-9-23/h4-7,10-11,23H,8-9H2,1-3H3,(H,20,21,22). The molecule has 0 spiro atoms. The Balaban J connectivity index is 2.20. The summed E-state index contributed by atoms with van der Waals surface area (Å²) >= 11 is 0. The smallest absolute Gasteiger partial charge is 0.162 e. The number of hydrogen-bond acceptors (Lipinski definition) is 6. The first-order valence-electron chi connectivity index (χ1n) is 8.02. The molecule has 6 heteroatoms. The van der Waals surface area contributed by atoms with E-state index in [9.17, 15) is 0 Å². The van der Waals surface area contributed by atoms with E-state index in [1.54, 1.807) is 14.2 Å². The highest BCUT2D eigenvalue weighted by atomic mass is 16.5. The predicted molar refractivity (Wildman–Crippen MR) is 98.4 cm³/mol. The van der Waals surface area contributed by atoms with Crippen molar-refractivity contribution in [2.24, 2.45) is 0 Å². The first-order valence-corrected chi connectivity index (χ1v) is 8.02. The van der Waals surface area contributed by atoms with Gasteiger partial charge in [-0.3, -0.25) is 0 Å². The number of benzene rings is 2. The lowest BCUT2D eigenvalue weighted by Crippen LogP contribution is -2.09. The molecule has 0 atom stereocenters. The second-order valence-corrected chi connectivity index (χ2v) is 5.64. The van der Waals surface area contributed by atoms with Gasteiger partial charge in [-0.15, -0.1) is 0 Å². The SMILES string of the molecule is COc1cc2nc(-c3ccc(C)cc3)nc(NCCO)c2cc1OC. The highest BCUT2D eigenvalue weighted by Gasteiger charge is 2.14. The second kappa shape index (κ2) is 7.36. The maximum Gasteiger partial charge on any atom is 0.162 e. The third kappa shape index (κ3) is 3.49. The van der Waals surface area contributed by atoms with E-state index >= 15 is 0 Å². The Kier molecular flexibility index (Phi) is 5.00. The summed E-state index contributed by atoms with van der Waals surface area (Å²) in [6, 6.07) is 11.7. The van der Waals surface area contributed by atoms with Gasteiger partial charge in [-0.25, -0.2) is 9.97 Å². The molecule has 0 aliphatic rings. The summed E-state index contributed by atoms with van der Waals surface area (Å²) < 4.78 is 10.8. The number of aliphatic hydroxyl groups excluding tert-OH is 1. The minimum absolute atomic E-state index is 0.0126. The lowest BCUT2D eigenvalue weighted by Gasteiger charge is -2.13. The molecule has 6 nitrogen and oxygen atoms in total. The number of aliphatic hydroxyl groups is 1. The van der Waals surface area contributed by atoms with E-state index in [0.717, 1.165) is 16.5 Å². The summed E-state index contributed by atoms with van der Waals surface area (Å²) in [5, 5.41) is 13.1. The molecule has 1 aromatic heterocycles. The van der Waals surface area contributed by atoms with Gasteiger partial charge in [-0.1, -0.05) is 29.8 Å². The van der Waals surface area contributed by atoms with Gasteiger partial charge in [0.15, 0.2) is 17.3 Å². The fourth-order valence-electron chi connectivity index (χ4n) is 2.60. The zero-order valence-corrected chi connectivity index (χ0v) is 14.5. The summed E-state index contributed by atoms with van der Waals surface area (Å²) in [6.45, 7) is 2.45. The van der Waals surface area contributed by atoms with Gasteiger partial charge < -0.3 is 19.9 Å². The topological polar surface area (TPSA) is 76.5 Å². The minimum Gasteiger partial charge on any atom is -0.493 e. The Hall–Kier alpha value is -2.86. The second-order valence-electron chi connectivity index (χ2n) is 5.64. The van der Waals surface area contributed by atoms with Crippen LogP contribution in [-0.2, 0) is 0 Å². The fourth-order valence-corrected chi connectivity index (χ4v) is 2.60. The Morgan fingerprint density at radius 1 is 1.00 bits per heavy atom. The van der Waals surface area contributed by atoms with Gasteiger partial charge in [0.05, 0.1) is 26.3 Å². The van der Waals surface area contributed by atoms with Crippen molar-refractivity contribution in [3.8, 4) is 22.9 Å². The summed E-state index contributed by atoms with van der Waals surface area (Å²) in [7, 11) is 3.18. The summed E-state index contributed by atoms with van der Waals surface area (Å²) in [6.07, 6.45) is 0. The number of aromatic nitrogens is 2. The molecule has 2 aromatic carbocycles. The van der Waals surface area contributed by atoms with E-state index in [4.69, 9.17) is 14.6 Å². The molecule has 0 aliphatic heterocycles. The predicted octanol–water partition coefficient (Wildman–Crippen LogP) is 3.03. The monoisotopic (exact) mass is 339 g/mol. The van der Waals surface area contributed by atoms with Crippen LogP contribution in [0.5, 0.6) is 11.5 Å². The molecular formula is C19H21N3O3. The van der Waals surface area contributed by atoms with Crippen molar-refractivity contribution in [1.29, 1.82) is 0 Å². The van der Waals surface area contributed by atoms with E-state index < -0.39 is 0 Å². The molecule has 0 saturated heterocycles. The number of aryl methyl sites for hydroxylation is 1. The molecule has 0 bridgehead atoms. The zero-order chi connectivity index (χ0) is 17.8. The van der Waals surface area contributed by atoms with Crippen LogP contribution in [0.3, 0.4) is 0 Å². The number of fused-ring (bicyclic) bond motifs is 1. The number of nitrogens with one attached hydrogen (secondary N) is 1. The van der Waals surface area contributed by atoms with Gasteiger partial charge in [-0.05, 0) is 13.0 Å². The first kappa shape index (κ1) is 17.0. The molecule has 0 aliphatic carbocycles. The number of nitrogens with zero attached hydrogens (tertiary/aromatic N) is 2. The van der Waals surface area contributed by atoms with Crippen molar-refractivity contribution in [2.45, 2.75) is 6.92 Å². The number of rotatable bonds is 6. The minimum atomic E-state index is 0.0126. The van der Waals surface area contributed by atoms with Gasteiger partial charge in [0.25, 0.3) is 0 Å². The van der Waals surface area contributed by atoms with Crippen LogP contribution >= 0.6 is 0 Å². The number of methoxy groups -OCH3 is 2. The number of ether oxygens (including phenoxy) is 2. The van der Waals surface area contributed by atoms with Crippen molar-refractivity contribution < 1.29 is 14.6 Å². The Morgan fingerprint density at radius 3 is 2.32 bits per heavy atom. The normalized spacial score (nSPS) is 10.7. The summed E-state index contributed by atoms with van der Waals surface area (Å²) in [5.74, 6) is 2.47. The van der Waals surface area contributed by atoms with Crippen LogP contribution in [0.2, 0.25) is 0 Å². The Morgan fingerprint density at radius 2 is 1.68 bits per heavy atom. The highest BCUT2D eigenvalue weighted by Crippen LogP contribution is 2.35. The average molecular weight is 339 g/mol. The van der Waals surface area contributed by atoms with Gasteiger partial charge >= 0.3 is 0 Å². The quantitative estimate of drug-likeness (QED) is 0.719. The molecule has 1 heterocycles. The van der Waals surface area contributed by atoms with Crippen LogP contribution in [-0.4, -0.2) is 42.4 Å². The zero-order valence-electron chi connectivity index (χ0n) is 14.5. The molecule has 0 amide bonds. The van der Waals surface area contributed by atoms with Crippen molar-refractivity contribution in [3.63, 3.8) is 0 Å². The largest absolute Gasteiger partial charge is 0.493 e. The lowest BCUT2D eigenvalue weighted by molar-refractivity contribution is 0.311. The number of hydrogen-bond donors (Lipinski definition) is 2. The van der Waals surface area contributed by atoms with Crippen LogP contribution in [0.1, 0.15) is 5.56 Å². The Labute approximate surface area is 146 Å². The van der Waals surface area contributed by atoms with Gasteiger partial charge in [-0.2, -0.15) is 0 Å². The molecule has 130 valence electrons. The molecule has 0 unspecified atom stereocenters. The van der Waals surface area contributed by atoms with E-state index in [1.807, 2.05) is 43.3 Å². The maximum absolute atomic E-state index is 9.15. The van der Waals surface area contributed by atoms with Crippen LogP contribution in [0, 0.1) is 6.92 Å². The summed E-state index contributed by atoms with van der Waals surface area (Å²) in [5.41, 5.74) is 2.84. The summed E-state index contributed by atoms with van der Waals surface area (Å²) in [4.78, 5) is 9.32. The van der Waals surface area contributed by atoms with Crippen molar-refractivity contribution in [1.82, 2.24) is 9.97 Å². The van der Waals surface area contributed by atoms with E-state index in [2.05, 4.69) is 15.3 Å². The molecular weight excluding hydrogens is 318 g/mol. The molecule has 0 radical (unpaired) electrons. The molecule has 2 N–H and O–H groups in total. The Bertz CT molecular complexity index is 879. The van der Waals surface area contributed by atoms with E-state index in [0.29, 0.717) is 29.7 Å². The van der Waals surface area contributed by atoms with Gasteiger partial charge in [0.1, 0.15) is 5.82 Å². The molecule has 3 rings (SSSR count). The molecule has 3 aromatic rings. The fraction of sp³-hybridized carbons (Fsp3) is 0.263. The van der Waals surface area contributed by atoms with Crippen molar-refractivity contribution >= 4 is 16.7 Å². The van der Waals surface area contributed by atoms with Crippen LogP contribution in [0.15, 0.2) is 36.4 Å². The van der Waals surface area contributed by atoms with Crippen LogP contribution < -0.4 is 14.8 Å². The third-order valence-corrected chi connectivity index (χ3v) is 3.92. The first-order chi connectivity index (χ1) is 12.2. The van der Waals surface area contributed by atoms with E-state index in [-0.39, 0.29) is 6.61 Å².